The molecule has 28 heavy (non-hydrogen) atoms. The molecule has 0 aromatic heterocycles. The minimum atomic E-state index is 1.27. The molecule has 0 N–H and O–H groups in total. The van der Waals surface area contributed by atoms with Crippen LogP contribution in [0.15, 0.2) is 139 Å². The van der Waals surface area contributed by atoms with E-state index in [2.05, 4.69) is 97.1 Å². The summed E-state index contributed by atoms with van der Waals surface area (Å²) in [5, 5.41) is 0. The third-order valence-electron chi connectivity index (χ3n) is 3.84. The molecule has 0 aliphatic rings. The van der Waals surface area contributed by atoms with Crippen LogP contribution in [0.2, 0.25) is 0 Å². The molecule has 0 unspecified atom stereocenters. The zero-order valence-electron chi connectivity index (χ0n) is 15.0. The molecule has 0 aliphatic heterocycles. The monoisotopic (exact) mass is 434 g/mol. The van der Waals surface area contributed by atoms with Crippen molar-refractivity contribution in [3.63, 3.8) is 0 Å². The summed E-state index contributed by atoms with van der Waals surface area (Å²) in [4.78, 5) is 7.61. The van der Waals surface area contributed by atoms with Gasteiger partial charge in [-0.05, 0) is 72.8 Å². The molecule has 0 bridgehead atoms. The summed E-state index contributed by atoms with van der Waals surface area (Å²) in [6.45, 7) is 0. The summed E-state index contributed by atoms with van der Waals surface area (Å²) < 4.78 is 0. The molecule has 4 aromatic carbocycles. The van der Waals surface area contributed by atoms with Gasteiger partial charge in [-0.25, -0.2) is 0 Å². The molecule has 0 fully saturated rings. The number of hydrogen-bond acceptors (Lipinski definition) is 4. The Kier molecular flexibility index (Phi) is 7.12. The van der Waals surface area contributed by atoms with Crippen molar-refractivity contribution in [1.29, 1.82) is 0 Å². The number of hydrogen-bond donors (Lipinski definition) is 0. The lowest BCUT2D eigenvalue weighted by molar-refractivity contribution is 1.34. The molecule has 0 saturated heterocycles. The Morgan fingerprint density at radius 2 is 0.571 bits per heavy atom. The molecule has 0 aliphatic carbocycles. The predicted octanol–water partition coefficient (Wildman–Crippen LogP) is 8.79. The van der Waals surface area contributed by atoms with E-state index in [0.717, 1.165) is 0 Å². The molecule has 0 saturated carbocycles. The van der Waals surface area contributed by atoms with Crippen molar-refractivity contribution >= 4 is 45.1 Å². The van der Waals surface area contributed by atoms with E-state index >= 15 is 0 Å². The lowest BCUT2D eigenvalue weighted by atomic mass is 10.4. The molecule has 0 nitrogen and oxygen atoms in total. The van der Waals surface area contributed by atoms with Gasteiger partial charge in [0.15, 0.2) is 0 Å². The first kappa shape index (κ1) is 19.6. The minimum Gasteiger partial charge on any atom is -0.0901 e. The van der Waals surface area contributed by atoms with Gasteiger partial charge >= 0.3 is 0 Å². The maximum Gasteiger partial charge on any atom is 0.0187 e. The molecule has 0 amide bonds. The van der Waals surface area contributed by atoms with Gasteiger partial charge < -0.3 is 0 Å². The lowest BCUT2D eigenvalue weighted by Crippen LogP contribution is -1.75. The Morgan fingerprint density at radius 3 is 0.929 bits per heavy atom. The van der Waals surface area contributed by atoms with Crippen LogP contribution in [0, 0.1) is 0 Å². The van der Waals surface area contributed by atoms with Crippen molar-refractivity contribution in [2.45, 2.75) is 29.4 Å². The largest absolute Gasteiger partial charge is 0.0901 e. The smallest absolute Gasteiger partial charge is 0.0187 e. The van der Waals surface area contributed by atoms with E-state index in [1.165, 1.54) is 29.4 Å². The van der Waals surface area contributed by atoms with Crippen molar-refractivity contribution in [2.75, 3.05) is 0 Å². The van der Waals surface area contributed by atoms with E-state index in [0.29, 0.717) is 0 Å². The summed E-state index contributed by atoms with van der Waals surface area (Å²) in [5.41, 5.74) is 0. The van der Waals surface area contributed by atoms with Gasteiger partial charge in [0.25, 0.3) is 0 Å². The van der Waals surface area contributed by atoms with E-state index in [1.54, 1.807) is 45.1 Å². The Bertz CT molecular complexity index is 897. The normalized spacial score (nSPS) is 10.7. The molecule has 0 atom stereocenters. The maximum atomic E-state index is 2.20. The van der Waals surface area contributed by atoms with Crippen LogP contribution >= 0.6 is 45.1 Å². The highest BCUT2D eigenvalue weighted by molar-refractivity contribution is 8.76. The highest BCUT2D eigenvalue weighted by Crippen LogP contribution is 2.39. The SMILES string of the molecule is c1ccc(Sc2ccc(SSc3ccc(Sc4ccccc4)cc3)cc2)cc1. The van der Waals surface area contributed by atoms with Crippen molar-refractivity contribution < 1.29 is 0 Å². The molecule has 0 heterocycles. The summed E-state index contributed by atoms with van der Waals surface area (Å²) in [5.74, 6) is 0. The quantitative estimate of drug-likeness (QED) is 0.266. The van der Waals surface area contributed by atoms with Crippen molar-refractivity contribution in [2.24, 2.45) is 0 Å². The summed E-state index contributed by atoms with van der Waals surface area (Å²) in [6.07, 6.45) is 0. The van der Waals surface area contributed by atoms with Gasteiger partial charge in [0.05, 0.1) is 0 Å². The van der Waals surface area contributed by atoms with Gasteiger partial charge in [0.2, 0.25) is 0 Å². The second kappa shape index (κ2) is 10.2. The molecule has 138 valence electrons. The zero-order chi connectivity index (χ0) is 19.0. The average molecular weight is 435 g/mol. The summed E-state index contributed by atoms with van der Waals surface area (Å²) in [6, 6.07) is 38.5. The molecular weight excluding hydrogens is 417 g/mol. The molecule has 4 aromatic rings. The minimum absolute atomic E-state index is 1.27. The second-order valence-corrected chi connectivity index (χ2v) is 10.5. The first-order valence-electron chi connectivity index (χ1n) is 8.86. The predicted molar refractivity (Wildman–Crippen MR) is 126 cm³/mol. The fraction of sp³-hybridized carbons (Fsp3) is 0. The van der Waals surface area contributed by atoms with Crippen LogP contribution in [0.3, 0.4) is 0 Å². The van der Waals surface area contributed by atoms with Crippen molar-refractivity contribution in [3.05, 3.63) is 109 Å². The molecule has 4 rings (SSSR count). The van der Waals surface area contributed by atoms with Crippen LogP contribution in [0.5, 0.6) is 0 Å². The van der Waals surface area contributed by atoms with Gasteiger partial charge in [-0.15, -0.1) is 0 Å². The topological polar surface area (TPSA) is 0 Å². The summed E-state index contributed by atoms with van der Waals surface area (Å²) >= 11 is 3.59. The lowest BCUT2D eigenvalue weighted by Gasteiger charge is -2.05. The van der Waals surface area contributed by atoms with Crippen LogP contribution < -0.4 is 0 Å². The van der Waals surface area contributed by atoms with Gasteiger partial charge in [-0.3, -0.25) is 0 Å². The molecule has 0 radical (unpaired) electrons. The van der Waals surface area contributed by atoms with E-state index in [4.69, 9.17) is 0 Å². The highest BCUT2D eigenvalue weighted by Gasteiger charge is 2.02. The Balaban J connectivity index is 1.30. The highest BCUT2D eigenvalue weighted by atomic mass is 33.1. The Labute approximate surface area is 182 Å². The van der Waals surface area contributed by atoms with Crippen LogP contribution in [0.1, 0.15) is 0 Å². The molecule has 0 spiro atoms. The van der Waals surface area contributed by atoms with E-state index in [9.17, 15) is 0 Å². The zero-order valence-corrected chi connectivity index (χ0v) is 18.3. The third-order valence-corrected chi connectivity index (χ3v) is 8.29. The Morgan fingerprint density at radius 1 is 0.286 bits per heavy atom. The first-order valence-corrected chi connectivity index (χ1v) is 12.6. The van der Waals surface area contributed by atoms with E-state index < -0.39 is 0 Å². The van der Waals surface area contributed by atoms with Crippen LogP contribution in [-0.2, 0) is 0 Å². The third kappa shape index (κ3) is 5.89. The average Bonchev–Trinajstić information content (AvgIpc) is 2.76. The van der Waals surface area contributed by atoms with Gasteiger partial charge in [-0.1, -0.05) is 81.5 Å². The number of benzene rings is 4. The maximum absolute atomic E-state index is 2.20. The second-order valence-electron chi connectivity index (χ2n) is 5.94. The number of rotatable bonds is 7. The molecular formula is C24H18S4. The van der Waals surface area contributed by atoms with E-state index in [-0.39, 0.29) is 0 Å². The summed E-state index contributed by atoms with van der Waals surface area (Å²) in [7, 11) is 3.60. The van der Waals surface area contributed by atoms with Crippen LogP contribution in [0.4, 0.5) is 0 Å². The van der Waals surface area contributed by atoms with Crippen LogP contribution in [0.25, 0.3) is 0 Å². The van der Waals surface area contributed by atoms with Gasteiger partial charge in [0, 0.05) is 29.4 Å². The first-order chi connectivity index (χ1) is 13.8. The van der Waals surface area contributed by atoms with Crippen molar-refractivity contribution in [1.82, 2.24) is 0 Å². The standard InChI is InChI=1S/C24H18S4/c1-3-7-19(8-4-1)25-21-11-15-23(16-12-21)27-28-24-17-13-22(14-18-24)26-20-9-5-2-6-10-20/h1-18H. The molecule has 4 heteroatoms. The fourth-order valence-corrected chi connectivity index (χ4v) is 6.08. The Hall–Kier alpha value is -1.72. The van der Waals surface area contributed by atoms with Gasteiger partial charge in [-0.2, -0.15) is 0 Å². The fourth-order valence-electron chi connectivity index (χ4n) is 2.47. The van der Waals surface area contributed by atoms with E-state index in [1.807, 2.05) is 12.1 Å². The van der Waals surface area contributed by atoms with Gasteiger partial charge in [0.1, 0.15) is 0 Å². The van der Waals surface area contributed by atoms with Crippen LogP contribution in [-0.4, -0.2) is 0 Å². The van der Waals surface area contributed by atoms with Crippen molar-refractivity contribution in [3.8, 4) is 0 Å².